The molecule has 0 spiro atoms. The van der Waals surface area contributed by atoms with E-state index in [4.69, 9.17) is 14.6 Å². The number of ether oxygens (including phenoxy) is 2. The molecule has 0 bridgehead atoms. The van der Waals surface area contributed by atoms with Crippen molar-refractivity contribution in [2.24, 2.45) is 0 Å². The lowest BCUT2D eigenvalue weighted by Crippen LogP contribution is -2.30. The van der Waals surface area contributed by atoms with Crippen molar-refractivity contribution in [1.29, 1.82) is 5.26 Å². The van der Waals surface area contributed by atoms with Gasteiger partial charge >= 0.3 is 6.18 Å². The van der Waals surface area contributed by atoms with Crippen LogP contribution in [0.1, 0.15) is 67.3 Å². The standard InChI is InChI=1S/C31H31F3N2O2.C2H6.CH4O/c32-31(33,34)21-38-30-17-29(26-14-8-13-25(26)28(30)19-36-15-5-2-6-16-36)37-20-23-11-7-12-24(27(23)18-35)22-9-3-1-4-10-22;2*1-2/h1,3-4,7,9-12,17H,2,5-6,8,13-16,19-21H2;1-2H3;2H,1H3. The van der Waals surface area contributed by atoms with Crippen molar-refractivity contribution in [3.8, 4) is 28.7 Å². The summed E-state index contributed by atoms with van der Waals surface area (Å²) in [6.07, 6.45) is 1.50. The van der Waals surface area contributed by atoms with E-state index < -0.39 is 12.8 Å². The molecule has 3 aromatic rings. The van der Waals surface area contributed by atoms with E-state index in [2.05, 4.69) is 11.0 Å². The first-order chi connectivity index (χ1) is 20.4. The van der Waals surface area contributed by atoms with E-state index in [1.165, 1.54) is 6.42 Å². The zero-order valence-electron chi connectivity index (χ0n) is 24.8. The number of piperidine rings is 1. The molecule has 5 nitrogen and oxygen atoms in total. The number of hydrogen-bond donors (Lipinski definition) is 1. The molecule has 1 fully saturated rings. The monoisotopic (exact) mass is 582 g/mol. The minimum absolute atomic E-state index is 0.139. The van der Waals surface area contributed by atoms with E-state index in [0.29, 0.717) is 17.9 Å². The third kappa shape index (κ3) is 8.50. The smallest absolute Gasteiger partial charge is 0.422 e. The average Bonchev–Trinajstić information content (AvgIpc) is 3.53. The number of alkyl halides is 3. The lowest BCUT2D eigenvalue weighted by molar-refractivity contribution is -0.153. The van der Waals surface area contributed by atoms with E-state index in [1.54, 1.807) is 6.07 Å². The molecule has 0 atom stereocenters. The highest BCUT2D eigenvalue weighted by atomic mass is 19.4. The van der Waals surface area contributed by atoms with Gasteiger partial charge in [0.15, 0.2) is 6.61 Å². The van der Waals surface area contributed by atoms with Gasteiger partial charge in [-0.1, -0.05) is 68.8 Å². The fraction of sp³-hybridized carbons (Fsp3) is 0.441. The van der Waals surface area contributed by atoms with Crippen LogP contribution in [0.5, 0.6) is 11.5 Å². The maximum atomic E-state index is 13.1. The summed E-state index contributed by atoms with van der Waals surface area (Å²) in [6, 6.07) is 19.3. The second kappa shape index (κ2) is 16.2. The summed E-state index contributed by atoms with van der Waals surface area (Å²) in [6.45, 7) is 5.28. The van der Waals surface area contributed by atoms with Crippen LogP contribution >= 0.6 is 0 Å². The Kier molecular flexibility index (Phi) is 12.7. The van der Waals surface area contributed by atoms with Crippen molar-refractivity contribution in [2.45, 2.75) is 71.7 Å². The van der Waals surface area contributed by atoms with Gasteiger partial charge in [-0.15, -0.1) is 0 Å². The number of nitriles is 1. The molecule has 0 amide bonds. The van der Waals surface area contributed by atoms with Crippen LogP contribution in [0.2, 0.25) is 0 Å². The third-order valence-electron chi connectivity index (χ3n) is 7.39. The van der Waals surface area contributed by atoms with Crippen molar-refractivity contribution < 1.29 is 27.8 Å². The highest BCUT2D eigenvalue weighted by Crippen LogP contribution is 2.41. The van der Waals surface area contributed by atoms with Crippen molar-refractivity contribution in [3.63, 3.8) is 0 Å². The number of fused-ring (bicyclic) bond motifs is 1. The molecule has 1 aliphatic heterocycles. The minimum Gasteiger partial charge on any atom is -0.488 e. The molecular weight excluding hydrogens is 541 g/mol. The van der Waals surface area contributed by atoms with Crippen LogP contribution in [-0.2, 0) is 26.0 Å². The van der Waals surface area contributed by atoms with Crippen LogP contribution in [-0.4, -0.2) is 43.0 Å². The average molecular weight is 583 g/mol. The second-order valence-corrected chi connectivity index (χ2v) is 10.0. The molecule has 0 aromatic heterocycles. The van der Waals surface area contributed by atoms with Crippen LogP contribution in [0, 0.1) is 11.3 Å². The lowest BCUT2D eigenvalue weighted by atomic mass is 9.96. The van der Waals surface area contributed by atoms with E-state index in [9.17, 15) is 18.4 Å². The number of likely N-dealkylation sites (tertiary alicyclic amines) is 1. The summed E-state index contributed by atoms with van der Waals surface area (Å²) in [7, 11) is 1.00. The Bertz CT molecular complexity index is 1310. The Labute approximate surface area is 247 Å². The molecule has 0 saturated carbocycles. The van der Waals surface area contributed by atoms with Gasteiger partial charge < -0.3 is 14.6 Å². The molecule has 42 heavy (non-hydrogen) atoms. The number of aliphatic hydroxyl groups is 1. The molecule has 5 rings (SSSR count). The maximum absolute atomic E-state index is 13.1. The molecule has 1 N–H and O–H groups in total. The molecule has 0 unspecified atom stereocenters. The molecule has 3 aromatic carbocycles. The number of aliphatic hydroxyl groups excluding tert-OH is 1. The summed E-state index contributed by atoms with van der Waals surface area (Å²) >= 11 is 0. The molecule has 8 heteroatoms. The number of rotatable bonds is 8. The normalized spacial score (nSPS) is 14.4. The Hall–Kier alpha value is -3.54. The highest BCUT2D eigenvalue weighted by Gasteiger charge is 2.31. The van der Waals surface area contributed by atoms with Gasteiger partial charge in [-0.3, -0.25) is 4.90 Å². The summed E-state index contributed by atoms with van der Waals surface area (Å²) in [5.74, 6) is 0.799. The van der Waals surface area contributed by atoms with Gasteiger partial charge in [0.05, 0.1) is 5.56 Å². The molecule has 1 saturated heterocycles. The summed E-state index contributed by atoms with van der Waals surface area (Å²) in [4.78, 5) is 2.31. The minimum atomic E-state index is -4.43. The predicted octanol–water partition coefficient (Wildman–Crippen LogP) is 7.85. The Morgan fingerprint density at radius 1 is 0.857 bits per heavy atom. The van der Waals surface area contributed by atoms with Crippen molar-refractivity contribution in [1.82, 2.24) is 4.90 Å². The van der Waals surface area contributed by atoms with Crippen molar-refractivity contribution in [2.75, 3.05) is 26.8 Å². The van der Waals surface area contributed by atoms with Gasteiger partial charge in [-0.2, -0.15) is 18.4 Å². The fourth-order valence-electron chi connectivity index (χ4n) is 5.59. The second-order valence-electron chi connectivity index (χ2n) is 10.0. The molecule has 226 valence electrons. The van der Waals surface area contributed by atoms with E-state index in [0.717, 1.165) is 85.7 Å². The Balaban J connectivity index is 0.00000116. The molecule has 0 radical (unpaired) electrons. The summed E-state index contributed by atoms with van der Waals surface area (Å²) in [5, 5.41) is 17.0. The molecule has 2 aliphatic rings. The summed E-state index contributed by atoms with van der Waals surface area (Å²) < 4.78 is 51.1. The quantitative estimate of drug-likeness (QED) is 0.293. The largest absolute Gasteiger partial charge is 0.488 e. The zero-order valence-corrected chi connectivity index (χ0v) is 24.8. The Morgan fingerprint density at radius 3 is 2.21 bits per heavy atom. The first kappa shape index (κ1) is 33.0. The number of benzene rings is 3. The number of halogens is 3. The van der Waals surface area contributed by atoms with Crippen molar-refractivity contribution >= 4 is 0 Å². The summed E-state index contributed by atoms with van der Waals surface area (Å²) in [5.41, 5.74) is 6.00. The van der Waals surface area contributed by atoms with Gasteiger partial charge in [-0.25, -0.2) is 0 Å². The number of hydrogen-bond acceptors (Lipinski definition) is 5. The fourth-order valence-corrected chi connectivity index (χ4v) is 5.59. The SMILES string of the molecule is CC.CO.N#Cc1c(COc2cc(OCC(F)(F)F)c(CN3CCCCC3)c3c2CCC3)cccc1-c1ccccc1. The van der Waals surface area contributed by atoms with E-state index >= 15 is 0 Å². The van der Waals surface area contributed by atoms with Crippen LogP contribution in [0.25, 0.3) is 11.1 Å². The Morgan fingerprint density at radius 2 is 1.55 bits per heavy atom. The number of nitrogens with zero attached hydrogens (tertiary/aromatic N) is 2. The van der Waals surface area contributed by atoms with Crippen molar-refractivity contribution in [3.05, 3.63) is 82.4 Å². The van der Waals surface area contributed by atoms with E-state index in [1.807, 2.05) is 62.4 Å². The van der Waals surface area contributed by atoms with Gasteiger partial charge in [0.25, 0.3) is 0 Å². The van der Waals surface area contributed by atoms with Gasteiger partial charge in [0.2, 0.25) is 0 Å². The van der Waals surface area contributed by atoms with Gasteiger partial charge in [-0.05, 0) is 67.4 Å². The molecule has 1 heterocycles. The predicted molar refractivity (Wildman–Crippen MR) is 160 cm³/mol. The molecule has 1 aliphatic carbocycles. The van der Waals surface area contributed by atoms with Gasteiger partial charge in [0.1, 0.15) is 24.2 Å². The highest BCUT2D eigenvalue weighted by molar-refractivity contribution is 5.72. The van der Waals surface area contributed by atoms with Gasteiger partial charge in [0, 0.05) is 30.8 Å². The maximum Gasteiger partial charge on any atom is 0.422 e. The topological polar surface area (TPSA) is 65.7 Å². The van der Waals surface area contributed by atoms with Crippen LogP contribution in [0.3, 0.4) is 0 Å². The lowest BCUT2D eigenvalue weighted by Gasteiger charge is -2.29. The van der Waals surface area contributed by atoms with Crippen LogP contribution in [0.15, 0.2) is 54.6 Å². The van der Waals surface area contributed by atoms with Crippen LogP contribution < -0.4 is 9.47 Å². The first-order valence-corrected chi connectivity index (χ1v) is 14.7. The zero-order chi connectivity index (χ0) is 30.5. The third-order valence-corrected chi connectivity index (χ3v) is 7.39. The first-order valence-electron chi connectivity index (χ1n) is 14.7. The molecular formula is C34H41F3N2O3. The van der Waals surface area contributed by atoms with Crippen LogP contribution in [0.4, 0.5) is 13.2 Å². The van der Waals surface area contributed by atoms with E-state index in [-0.39, 0.29) is 12.4 Å².